The summed E-state index contributed by atoms with van der Waals surface area (Å²) in [5.41, 5.74) is 4.99. The Balaban J connectivity index is 4.04. The molecule has 0 radical (unpaired) electrons. The van der Waals surface area contributed by atoms with Gasteiger partial charge in [0, 0.05) is 12.0 Å². The molecule has 0 spiro atoms. The van der Waals surface area contributed by atoms with Gasteiger partial charge in [0.25, 0.3) is 5.97 Å². The molecule has 0 aliphatic carbocycles. The predicted molar refractivity (Wildman–Crippen MR) is 37.0 cm³/mol. The van der Waals surface area contributed by atoms with E-state index in [4.69, 9.17) is 21.1 Å². The summed E-state index contributed by atoms with van der Waals surface area (Å²) >= 11 is 0. The number of aliphatic hydroxyl groups is 3. The third-order valence-corrected chi connectivity index (χ3v) is 1.07. The standard InChI is InChI=1S/C6H11NO4/c1-4(5(7)8)2-3-6(9,10)11/h2,9-11H,3H2,1H3,(H2,7,8). The third-order valence-electron chi connectivity index (χ3n) is 1.07. The largest absolute Gasteiger partial charge is 0.366 e. The molecule has 11 heavy (non-hydrogen) atoms. The van der Waals surface area contributed by atoms with Gasteiger partial charge in [-0.05, 0) is 6.92 Å². The van der Waals surface area contributed by atoms with Gasteiger partial charge in [0.1, 0.15) is 0 Å². The second kappa shape index (κ2) is 3.47. The zero-order valence-electron chi connectivity index (χ0n) is 6.11. The highest BCUT2D eigenvalue weighted by Gasteiger charge is 2.15. The quantitative estimate of drug-likeness (QED) is 0.297. The van der Waals surface area contributed by atoms with Crippen molar-refractivity contribution in [3.05, 3.63) is 11.6 Å². The van der Waals surface area contributed by atoms with Gasteiger partial charge in [-0.15, -0.1) is 0 Å². The number of rotatable bonds is 3. The van der Waals surface area contributed by atoms with Crippen molar-refractivity contribution in [2.75, 3.05) is 0 Å². The van der Waals surface area contributed by atoms with Crippen molar-refractivity contribution in [1.82, 2.24) is 0 Å². The fraction of sp³-hybridized carbons (Fsp3) is 0.500. The highest BCUT2D eigenvalue weighted by atomic mass is 16.7. The van der Waals surface area contributed by atoms with Gasteiger partial charge in [-0.25, -0.2) is 0 Å². The van der Waals surface area contributed by atoms with Crippen LogP contribution in [-0.2, 0) is 4.79 Å². The van der Waals surface area contributed by atoms with E-state index < -0.39 is 18.3 Å². The summed E-state index contributed by atoms with van der Waals surface area (Å²) in [6.07, 6.45) is 0.699. The van der Waals surface area contributed by atoms with E-state index in [-0.39, 0.29) is 5.57 Å². The highest BCUT2D eigenvalue weighted by molar-refractivity contribution is 5.91. The van der Waals surface area contributed by atoms with Crippen LogP contribution in [0.3, 0.4) is 0 Å². The summed E-state index contributed by atoms with van der Waals surface area (Å²) in [6.45, 7) is 1.41. The summed E-state index contributed by atoms with van der Waals surface area (Å²) in [5, 5.41) is 25.1. The number of amides is 1. The lowest BCUT2D eigenvalue weighted by Crippen LogP contribution is -2.26. The molecule has 0 atom stereocenters. The first-order valence-electron chi connectivity index (χ1n) is 2.96. The Morgan fingerprint density at radius 3 is 2.27 bits per heavy atom. The number of carbonyl (C=O) groups is 1. The molecule has 5 heteroatoms. The van der Waals surface area contributed by atoms with Crippen LogP contribution in [0.15, 0.2) is 11.6 Å². The van der Waals surface area contributed by atoms with Crippen LogP contribution in [0.1, 0.15) is 13.3 Å². The Morgan fingerprint density at radius 1 is 1.55 bits per heavy atom. The maximum atomic E-state index is 10.3. The van der Waals surface area contributed by atoms with E-state index in [0.717, 1.165) is 6.08 Å². The summed E-state index contributed by atoms with van der Waals surface area (Å²) in [4.78, 5) is 10.3. The maximum absolute atomic E-state index is 10.3. The van der Waals surface area contributed by atoms with Gasteiger partial charge in [-0.3, -0.25) is 4.79 Å². The van der Waals surface area contributed by atoms with Gasteiger partial charge in [0.2, 0.25) is 5.91 Å². The molecule has 64 valence electrons. The monoisotopic (exact) mass is 161 g/mol. The number of hydrogen-bond acceptors (Lipinski definition) is 4. The van der Waals surface area contributed by atoms with Crippen LogP contribution in [0.5, 0.6) is 0 Å². The molecule has 0 aliphatic rings. The summed E-state index contributed by atoms with van der Waals surface area (Å²) in [5.74, 6) is -3.43. The fourth-order valence-electron chi connectivity index (χ4n) is 0.391. The molecule has 0 saturated carbocycles. The van der Waals surface area contributed by atoms with Crippen molar-refractivity contribution in [1.29, 1.82) is 0 Å². The van der Waals surface area contributed by atoms with Crippen molar-refractivity contribution in [3.63, 3.8) is 0 Å². The zero-order chi connectivity index (χ0) is 9.07. The molecular formula is C6H11NO4. The molecule has 0 heterocycles. The van der Waals surface area contributed by atoms with E-state index in [0.29, 0.717) is 0 Å². The Hall–Kier alpha value is -0.910. The van der Waals surface area contributed by atoms with Gasteiger partial charge < -0.3 is 21.1 Å². The van der Waals surface area contributed by atoms with E-state index in [1.54, 1.807) is 0 Å². The van der Waals surface area contributed by atoms with Crippen molar-refractivity contribution in [2.24, 2.45) is 5.73 Å². The SMILES string of the molecule is CC(=CCC(O)(O)O)C(N)=O. The van der Waals surface area contributed by atoms with E-state index >= 15 is 0 Å². The minimum atomic E-state index is -2.77. The molecule has 0 aromatic carbocycles. The Labute approximate surface area is 63.8 Å². The molecule has 0 aromatic heterocycles. The first-order valence-corrected chi connectivity index (χ1v) is 2.96. The molecule has 0 unspecified atom stereocenters. The van der Waals surface area contributed by atoms with Crippen molar-refractivity contribution in [3.8, 4) is 0 Å². The van der Waals surface area contributed by atoms with Crippen LogP contribution in [0, 0.1) is 0 Å². The van der Waals surface area contributed by atoms with Gasteiger partial charge >= 0.3 is 0 Å². The van der Waals surface area contributed by atoms with Crippen LogP contribution in [-0.4, -0.2) is 27.2 Å². The predicted octanol–water partition coefficient (Wildman–Crippen LogP) is -1.56. The first-order chi connectivity index (χ1) is 4.83. The average Bonchev–Trinajstić information content (AvgIpc) is 1.80. The summed E-state index contributed by atoms with van der Waals surface area (Å²) in [7, 11) is 0. The van der Waals surface area contributed by atoms with Crippen LogP contribution in [0.4, 0.5) is 0 Å². The Morgan fingerprint density at radius 2 is 2.00 bits per heavy atom. The molecule has 1 amide bonds. The van der Waals surface area contributed by atoms with Gasteiger partial charge in [-0.1, -0.05) is 6.08 Å². The van der Waals surface area contributed by atoms with Gasteiger partial charge in [-0.2, -0.15) is 0 Å². The highest BCUT2D eigenvalue weighted by Crippen LogP contribution is 2.03. The molecule has 0 bridgehead atoms. The van der Waals surface area contributed by atoms with Crippen LogP contribution in [0.25, 0.3) is 0 Å². The van der Waals surface area contributed by atoms with E-state index in [1.807, 2.05) is 0 Å². The van der Waals surface area contributed by atoms with Crippen molar-refractivity contribution >= 4 is 5.91 Å². The molecule has 5 nitrogen and oxygen atoms in total. The maximum Gasteiger partial charge on any atom is 0.278 e. The topological polar surface area (TPSA) is 104 Å². The second-order valence-electron chi connectivity index (χ2n) is 2.23. The number of primary amides is 1. The molecule has 0 fully saturated rings. The van der Waals surface area contributed by atoms with Crippen molar-refractivity contribution < 1.29 is 20.1 Å². The van der Waals surface area contributed by atoms with Crippen LogP contribution in [0.2, 0.25) is 0 Å². The number of carbonyl (C=O) groups excluding carboxylic acids is 1. The fourth-order valence-corrected chi connectivity index (χ4v) is 0.391. The lowest BCUT2D eigenvalue weighted by atomic mass is 10.2. The van der Waals surface area contributed by atoms with Crippen LogP contribution >= 0.6 is 0 Å². The van der Waals surface area contributed by atoms with Crippen molar-refractivity contribution in [2.45, 2.75) is 19.3 Å². The third kappa shape index (κ3) is 5.53. The van der Waals surface area contributed by atoms with E-state index in [9.17, 15) is 4.79 Å². The van der Waals surface area contributed by atoms with Gasteiger partial charge in [0.15, 0.2) is 0 Å². The Kier molecular flexibility index (Phi) is 3.18. The lowest BCUT2D eigenvalue weighted by molar-refractivity contribution is -0.308. The molecule has 0 rings (SSSR count). The molecule has 0 saturated heterocycles. The first kappa shape index (κ1) is 10.1. The van der Waals surface area contributed by atoms with Crippen LogP contribution < -0.4 is 5.73 Å². The van der Waals surface area contributed by atoms with Gasteiger partial charge in [0.05, 0.1) is 0 Å². The minimum absolute atomic E-state index is 0.173. The normalized spacial score (nSPS) is 13.3. The molecule has 0 aliphatic heterocycles. The number of nitrogens with two attached hydrogens (primary N) is 1. The zero-order valence-corrected chi connectivity index (χ0v) is 6.11. The Bertz CT molecular complexity index is 180. The van der Waals surface area contributed by atoms with E-state index in [2.05, 4.69) is 0 Å². The lowest BCUT2D eigenvalue weighted by Gasteiger charge is -2.10. The minimum Gasteiger partial charge on any atom is -0.366 e. The molecular weight excluding hydrogens is 150 g/mol. The summed E-state index contributed by atoms with van der Waals surface area (Å²) < 4.78 is 0. The van der Waals surface area contributed by atoms with E-state index in [1.165, 1.54) is 6.92 Å². The molecule has 0 aromatic rings. The number of hydrogen-bond donors (Lipinski definition) is 4. The molecule has 5 N–H and O–H groups in total. The second-order valence-corrected chi connectivity index (χ2v) is 2.23. The summed E-state index contributed by atoms with van der Waals surface area (Å²) in [6, 6.07) is 0. The smallest absolute Gasteiger partial charge is 0.278 e. The average molecular weight is 161 g/mol.